The molecule has 0 radical (unpaired) electrons. The molecule has 0 heterocycles. The molecular weight excluding hydrogens is 344 g/mol. The molecule has 2 unspecified atom stereocenters. The van der Waals surface area contributed by atoms with E-state index in [4.69, 9.17) is 15.2 Å². The molecule has 1 aromatic carbocycles. The Hall–Kier alpha value is -1.79. The number of nitrogens with two attached hydrogens (primary N) is 1. The maximum atomic E-state index is 12.2. The first-order chi connectivity index (χ1) is 11.4. The molecular formula is C18H29ClN2O4. The number of hydrogen-bond acceptors (Lipinski definition) is 5. The first-order valence-electron chi connectivity index (χ1n) is 8.12. The van der Waals surface area contributed by atoms with Gasteiger partial charge in [-0.25, -0.2) is 0 Å². The highest BCUT2D eigenvalue weighted by atomic mass is 35.5. The summed E-state index contributed by atoms with van der Waals surface area (Å²) >= 11 is 0. The van der Waals surface area contributed by atoms with Crippen LogP contribution >= 0.6 is 12.4 Å². The van der Waals surface area contributed by atoms with E-state index >= 15 is 0 Å². The lowest BCUT2D eigenvalue weighted by Gasteiger charge is -2.24. The molecule has 0 saturated heterocycles. The van der Waals surface area contributed by atoms with Gasteiger partial charge in [0.15, 0.2) is 0 Å². The smallest absolute Gasteiger partial charge is 0.310 e. The van der Waals surface area contributed by atoms with Crippen molar-refractivity contribution in [2.75, 3.05) is 20.8 Å². The minimum absolute atomic E-state index is 0. The lowest BCUT2D eigenvalue weighted by Crippen LogP contribution is -2.52. The van der Waals surface area contributed by atoms with Crippen LogP contribution in [-0.2, 0) is 20.7 Å². The van der Waals surface area contributed by atoms with Crippen molar-refractivity contribution in [1.82, 2.24) is 5.32 Å². The lowest BCUT2D eigenvalue weighted by atomic mass is 9.95. The topological polar surface area (TPSA) is 90.7 Å². The van der Waals surface area contributed by atoms with E-state index in [1.165, 1.54) is 7.11 Å². The van der Waals surface area contributed by atoms with Crippen LogP contribution in [0.1, 0.15) is 32.3 Å². The van der Waals surface area contributed by atoms with Crippen LogP contribution in [0.3, 0.4) is 0 Å². The van der Waals surface area contributed by atoms with Crippen molar-refractivity contribution in [1.29, 1.82) is 0 Å². The summed E-state index contributed by atoms with van der Waals surface area (Å²) in [6.45, 7) is 3.83. The van der Waals surface area contributed by atoms with Gasteiger partial charge in [0.2, 0.25) is 5.91 Å². The van der Waals surface area contributed by atoms with Gasteiger partial charge in [-0.3, -0.25) is 9.59 Å². The van der Waals surface area contributed by atoms with Gasteiger partial charge in [-0.1, -0.05) is 31.5 Å². The lowest BCUT2D eigenvalue weighted by molar-refractivity contribution is -0.145. The largest absolute Gasteiger partial charge is 0.496 e. The second kappa shape index (κ2) is 10.9. The molecule has 142 valence electrons. The van der Waals surface area contributed by atoms with Crippen LogP contribution < -0.4 is 15.8 Å². The van der Waals surface area contributed by atoms with E-state index in [1.54, 1.807) is 14.0 Å². The van der Waals surface area contributed by atoms with Gasteiger partial charge in [0, 0.05) is 6.54 Å². The number of methoxy groups -OCH3 is 2. The molecule has 0 fully saturated rings. The quantitative estimate of drug-likeness (QED) is 0.647. The first kappa shape index (κ1) is 23.2. The SMILES string of the molecule is CCCC(C)(N)C(=O)NCC(Cc1ccccc1OC)C(=O)OC.Cl. The number of esters is 1. The summed E-state index contributed by atoms with van der Waals surface area (Å²) in [5, 5.41) is 2.78. The summed E-state index contributed by atoms with van der Waals surface area (Å²) in [5.41, 5.74) is 5.95. The zero-order valence-corrected chi connectivity index (χ0v) is 16.2. The van der Waals surface area contributed by atoms with E-state index in [9.17, 15) is 9.59 Å². The third kappa shape index (κ3) is 6.92. The molecule has 0 bridgehead atoms. The molecule has 25 heavy (non-hydrogen) atoms. The minimum atomic E-state index is -0.945. The molecule has 1 rings (SSSR count). The maximum absolute atomic E-state index is 12.2. The number of nitrogens with one attached hydrogen (secondary N) is 1. The van der Waals surface area contributed by atoms with Crippen LogP contribution in [-0.4, -0.2) is 38.2 Å². The second-order valence-corrected chi connectivity index (χ2v) is 6.11. The molecule has 0 aliphatic rings. The Bertz CT molecular complexity index is 564. The highest BCUT2D eigenvalue weighted by Gasteiger charge is 2.29. The average Bonchev–Trinajstić information content (AvgIpc) is 2.57. The van der Waals surface area contributed by atoms with E-state index in [1.807, 2.05) is 31.2 Å². The van der Waals surface area contributed by atoms with Crippen molar-refractivity contribution in [3.05, 3.63) is 29.8 Å². The highest BCUT2D eigenvalue weighted by molar-refractivity contribution is 5.86. The number of ether oxygens (including phenoxy) is 2. The molecule has 0 aliphatic carbocycles. The molecule has 0 spiro atoms. The number of halogens is 1. The molecule has 3 N–H and O–H groups in total. The van der Waals surface area contributed by atoms with Gasteiger partial charge >= 0.3 is 5.97 Å². The third-order valence-corrected chi connectivity index (χ3v) is 3.99. The van der Waals surface area contributed by atoms with E-state index in [0.717, 1.165) is 12.0 Å². The second-order valence-electron chi connectivity index (χ2n) is 6.11. The fourth-order valence-electron chi connectivity index (χ4n) is 2.59. The van der Waals surface area contributed by atoms with Crippen molar-refractivity contribution in [3.63, 3.8) is 0 Å². The van der Waals surface area contributed by atoms with Crippen molar-refractivity contribution in [2.24, 2.45) is 11.7 Å². The van der Waals surface area contributed by atoms with Gasteiger partial charge in [-0.15, -0.1) is 12.4 Å². The zero-order chi connectivity index (χ0) is 18.2. The Kier molecular flexibility index (Phi) is 10.2. The van der Waals surface area contributed by atoms with E-state index in [0.29, 0.717) is 18.6 Å². The normalized spacial score (nSPS) is 13.8. The molecule has 0 aromatic heterocycles. The molecule has 0 saturated carbocycles. The summed E-state index contributed by atoms with van der Waals surface area (Å²) in [6, 6.07) is 7.46. The molecule has 2 atom stereocenters. The van der Waals surface area contributed by atoms with E-state index in [-0.39, 0.29) is 30.8 Å². The Labute approximate surface area is 155 Å². The number of rotatable bonds is 9. The standard InChI is InChI=1S/C18H28N2O4.ClH/c1-5-10-18(2,19)17(22)20-12-14(16(21)24-4)11-13-8-6-7-9-15(13)23-3;/h6-9,14H,5,10-12,19H2,1-4H3,(H,20,22);1H. The molecule has 6 nitrogen and oxygen atoms in total. The van der Waals surface area contributed by atoms with Crippen molar-refractivity contribution < 1.29 is 19.1 Å². The fourth-order valence-corrected chi connectivity index (χ4v) is 2.59. The Balaban J connectivity index is 0.00000576. The first-order valence-corrected chi connectivity index (χ1v) is 8.12. The van der Waals surface area contributed by atoms with Gasteiger partial charge in [0.1, 0.15) is 5.75 Å². The molecule has 7 heteroatoms. The monoisotopic (exact) mass is 372 g/mol. The molecule has 0 aliphatic heterocycles. The fraction of sp³-hybridized carbons (Fsp3) is 0.556. The Morgan fingerprint density at radius 3 is 2.48 bits per heavy atom. The summed E-state index contributed by atoms with van der Waals surface area (Å²) < 4.78 is 10.2. The predicted octanol–water partition coefficient (Wildman–Crippen LogP) is 2.08. The average molecular weight is 373 g/mol. The number of hydrogen-bond donors (Lipinski definition) is 2. The van der Waals surface area contributed by atoms with Crippen LogP contribution in [0.25, 0.3) is 0 Å². The van der Waals surface area contributed by atoms with Crippen molar-refractivity contribution >= 4 is 24.3 Å². The van der Waals surface area contributed by atoms with E-state index in [2.05, 4.69) is 5.32 Å². The highest BCUT2D eigenvalue weighted by Crippen LogP contribution is 2.21. The third-order valence-electron chi connectivity index (χ3n) is 3.99. The minimum Gasteiger partial charge on any atom is -0.496 e. The Morgan fingerprint density at radius 1 is 1.28 bits per heavy atom. The summed E-state index contributed by atoms with van der Waals surface area (Å²) in [5.74, 6) is -0.450. The van der Waals surface area contributed by atoms with Crippen LogP contribution in [0.15, 0.2) is 24.3 Å². The van der Waals surface area contributed by atoms with Crippen LogP contribution in [0.2, 0.25) is 0 Å². The zero-order valence-electron chi connectivity index (χ0n) is 15.3. The number of carbonyl (C=O) groups excluding carboxylic acids is 2. The van der Waals surface area contributed by atoms with Crippen LogP contribution in [0.5, 0.6) is 5.75 Å². The van der Waals surface area contributed by atoms with Crippen molar-refractivity contribution in [2.45, 2.75) is 38.6 Å². The Morgan fingerprint density at radius 2 is 1.92 bits per heavy atom. The van der Waals surface area contributed by atoms with Gasteiger partial charge in [0.25, 0.3) is 0 Å². The molecule has 1 aromatic rings. The van der Waals surface area contributed by atoms with Gasteiger partial charge in [0.05, 0.1) is 25.7 Å². The number of para-hydroxylation sites is 1. The van der Waals surface area contributed by atoms with Crippen LogP contribution in [0.4, 0.5) is 0 Å². The van der Waals surface area contributed by atoms with Crippen LogP contribution in [0, 0.1) is 5.92 Å². The summed E-state index contributed by atoms with van der Waals surface area (Å²) in [7, 11) is 2.92. The number of amides is 1. The number of benzene rings is 1. The van der Waals surface area contributed by atoms with Gasteiger partial charge in [-0.05, 0) is 31.4 Å². The van der Waals surface area contributed by atoms with Gasteiger partial charge < -0.3 is 20.5 Å². The maximum Gasteiger partial charge on any atom is 0.310 e. The summed E-state index contributed by atoms with van der Waals surface area (Å²) in [4.78, 5) is 24.3. The molecule has 1 amide bonds. The summed E-state index contributed by atoms with van der Waals surface area (Å²) in [6.07, 6.45) is 1.79. The van der Waals surface area contributed by atoms with E-state index < -0.39 is 11.5 Å². The van der Waals surface area contributed by atoms with Gasteiger partial charge in [-0.2, -0.15) is 0 Å². The predicted molar refractivity (Wildman–Crippen MR) is 100.0 cm³/mol. The van der Waals surface area contributed by atoms with Crippen molar-refractivity contribution in [3.8, 4) is 5.75 Å². The number of carbonyl (C=O) groups is 2.